The molecule has 24 heavy (non-hydrogen) atoms. The zero-order valence-corrected chi connectivity index (χ0v) is 13.6. The number of carbonyl (C=O) groups excluding carboxylic acids is 3. The van der Waals surface area contributed by atoms with Gasteiger partial charge in [0.1, 0.15) is 5.82 Å². The fraction of sp³-hybridized carbons (Fsp3) is 0.471. The Morgan fingerprint density at radius 1 is 1.17 bits per heavy atom. The molecule has 130 valence electrons. The van der Waals surface area contributed by atoms with Crippen molar-refractivity contribution in [3.05, 3.63) is 35.6 Å². The van der Waals surface area contributed by atoms with Gasteiger partial charge in [-0.3, -0.25) is 14.4 Å². The predicted molar refractivity (Wildman–Crippen MR) is 84.7 cm³/mol. The second-order valence-corrected chi connectivity index (χ2v) is 5.72. The fourth-order valence-corrected chi connectivity index (χ4v) is 2.62. The molecule has 0 radical (unpaired) electrons. The van der Waals surface area contributed by atoms with Crippen LogP contribution in [0.15, 0.2) is 24.3 Å². The van der Waals surface area contributed by atoms with E-state index in [1.165, 1.54) is 31.4 Å². The van der Waals surface area contributed by atoms with Crippen LogP contribution in [-0.4, -0.2) is 48.9 Å². The first kappa shape index (κ1) is 17.9. The molecule has 1 N–H and O–H groups in total. The van der Waals surface area contributed by atoms with Crippen LogP contribution >= 0.6 is 0 Å². The zero-order chi connectivity index (χ0) is 17.5. The second kappa shape index (κ2) is 8.42. The lowest BCUT2D eigenvalue weighted by Gasteiger charge is -2.32. The van der Waals surface area contributed by atoms with E-state index in [-0.39, 0.29) is 36.5 Å². The number of halogens is 1. The Bertz CT molecular complexity index is 595. The van der Waals surface area contributed by atoms with E-state index >= 15 is 0 Å². The molecule has 0 bridgehead atoms. The number of benzene rings is 1. The first-order chi connectivity index (χ1) is 11.5. The summed E-state index contributed by atoms with van der Waals surface area (Å²) in [7, 11) is 1.29. The second-order valence-electron chi connectivity index (χ2n) is 5.72. The number of esters is 1. The third kappa shape index (κ3) is 5.04. The summed E-state index contributed by atoms with van der Waals surface area (Å²) < 4.78 is 17.4. The number of ether oxygens (including phenoxy) is 1. The number of rotatable bonds is 5. The molecule has 0 atom stereocenters. The lowest BCUT2D eigenvalue weighted by Crippen LogP contribution is -2.46. The summed E-state index contributed by atoms with van der Waals surface area (Å²) in [5.41, 5.74) is 0.456. The van der Waals surface area contributed by atoms with Crippen molar-refractivity contribution in [3.8, 4) is 0 Å². The standard InChI is InChI=1S/C17H21FN2O4/c1-24-16(22)7-6-15(21)19-14-8-10-20(11-9-14)17(23)12-2-4-13(18)5-3-12/h2-5,14H,6-11H2,1H3,(H,19,21). The maximum atomic E-state index is 12.9. The summed E-state index contributed by atoms with van der Waals surface area (Å²) >= 11 is 0. The molecule has 1 aliphatic heterocycles. The van der Waals surface area contributed by atoms with E-state index in [1.807, 2.05) is 0 Å². The monoisotopic (exact) mass is 336 g/mol. The largest absolute Gasteiger partial charge is 0.469 e. The number of carbonyl (C=O) groups is 3. The number of hydrogen-bond acceptors (Lipinski definition) is 4. The molecule has 0 aromatic heterocycles. The van der Waals surface area contributed by atoms with E-state index in [0.29, 0.717) is 31.5 Å². The van der Waals surface area contributed by atoms with E-state index < -0.39 is 5.97 Å². The molecule has 1 fully saturated rings. The SMILES string of the molecule is COC(=O)CCC(=O)NC1CCN(C(=O)c2ccc(F)cc2)CC1. The van der Waals surface area contributed by atoms with E-state index in [9.17, 15) is 18.8 Å². The number of piperidine rings is 1. The Labute approximate surface area is 140 Å². The zero-order valence-electron chi connectivity index (χ0n) is 13.6. The van der Waals surface area contributed by atoms with Crippen LogP contribution in [0.25, 0.3) is 0 Å². The van der Waals surface area contributed by atoms with Gasteiger partial charge in [0.05, 0.1) is 13.5 Å². The first-order valence-corrected chi connectivity index (χ1v) is 7.90. The van der Waals surface area contributed by atoms with Crippen LogP contribution in [0.5, 0.6) is 0 Å². The number of likely N-dealkylation sites (tertiary alicyclic amines) is 1. The summed E-state index contributed by atoms with van der Waals surface area (Å²) in [4.78, 5) is 36.8. The van der Waals surface area contributed by atoms with E-state index in [2.05, 4.69) is 10.1 Å². The molecular weight excluding hydrogens is 315 g/mol. The Balaban J connectivity index is 1.76. The van der Waals surface area contributed by atoms with Gasteiger partial charge in [-0.25, -0.2) is 4.39 Å². The van der Waals surface area contributed by atoms with Gasteiger partial charge in [-0.1, -0.05) is 0 Å². The number of amides is 2. The smallest absolute Gasteiger partial charge is 0.306 e. The molecule has 1 aromatic rings. The molecule has 1 aliphatic rings. The van der Waals surface area contributed by atoms with Crippen LogP contribution in [0.2, 0.25) is 0 Å². The van der Waals surface area contributed by atoms with Crippen molar-refractivity contribution < 1.29 is 23.5 Å². The van der Waals surface area contributed by atoms with Crippen LogP contribution in [0.1, 0.15) is 36.0 Å². The van der Waals surface area contributed by atoms with Gasteiger partial charge in [0.25, 0.3) is 5.91 Å². The summed E-state index contributed by atoms with van der Waals surface area (Å²) in [6.07, 6.45) is 1.46. The maximum absolute atomic E-state index is 12.9. The molecule has 0 aliphatic carbocycles. The van der Waals surface area contributed by atoms with Gasteiger partial charge in [0.15, 0.2) is 0 Å². The fourth-order valence-electron chi connectivity index (χ4n) is 2.62. The van der Waals surface area contributed by atoms with E-state index in [4.69, 9.17) is 0 Å². The van der Waals surface area contributed by atoms with Crippen LogP contribution in [-0.2, 0) is 14.3 Å². The number of nitrogens with one attached hydrogen (secondary N) is 1. The highest BCUT2D eigenvalue weighted by Gasteiger charge is 2.24. The molecule has 0 spiro atoms. The predicted octanol–water partition coefficient (Wildman–Crippen LogP) is 1.50. The number of hydrogen-bond donors (Lipinski definition) is 1. The van der Waals surface area contributed by atoms with Crippen molar-refractivity contribution in [1.82, 2.24) is 10.2 Å². The van der Waals surface area contributed by atoms with Crippen molar-refractivity contribution in [3.63, 3.8) is 0 Å². The Morgan fingerprint density at radius 3 is 2.38 bits per heavy atom. The molecule has 0 saturated carbocycles. The van der Waals surface area contributed by atoms with Crippen LogP contribution in [0, 0.1) is 5.82 Å². The quantitative estimate of drug-likeness (QED) is 0.827. The van der Waals surface area contributed by atoms with Crippen molar-refractivity contribution in [2.75, 3.05) is 20.2 Å². The summed E-state index contributed by atoms with van der Waals surface area (Å²) in [5.74, 6) is -1.11. The Hall–Kier alpha value is -2.44. The van der Waals surface area contributed by atoms with E-state index in [1.54, 1.807) is 4.90 Å². The third-order valence-corrected chi connectivity index (χ3v) is 4.02. The third-order valence-electron chi connectivity index (χ3n) is 4.02. The van der Waals surface area contributed by atoms with Crippen molar-refractivity contribution in [1.29, 1.82) is 0 Å². The van der Waals surface area contributed by atoms with Gasteiger partial charge in [-0.2, -0.15) is 0 Å². The summed E-state index contributed by atoms with van der Waals surface area (Å²) in [5, 5.41) is 2.87. The molecule has 6 nitrogen and oxygen atoms in total. The molecule has 0 unspecified atom stereocenters. The molecule has 2 rings (SSSR count). The van der Waals surface area contributed by atoms with Gasteiger partial charge >= 0.3 is 5.97 Å². The molecule has 1 aromatic carbocycles. The first-order valence-electron chi connectivity index (χ1n) is 7.90. The number of nitrogens with zero attached hydrogens (tertiary/aromatic N) is 1. The van der Waals surface area contributed by atoms with Crippen LogP contribution in [0.3, 0.4) is 0 Å². The lowest BCUT2D eigenvalue weighted by molar-refractivity contribution is -0.142. The highest BCUT2D eigenvalue weighted by molar-refractivity contribution is 5.94. The Morgan fingerprint density at radius 2 is 1.79 bits per heavy atom. The molecule has 2 amide bonds. The highest BCUT2D eigenvalue weighted by atomic mass is 19.1. The molecule has 1 heterocycles. The van der Waals surface area contributed by atoms with E-state index in [0.717, 1.165) is 0 Å². The van der Waals surface area contributed by atoms with Crippen LogP contribution < -0.4 is 5.32 Å². The van der Waals surface area contributed by atoms with Gasteiger partial charge in [0.2, 0.25) is 5.91 Å². The van der Waals surface area contributed by atoms with Gasteiger partial charge < -0.3 is 15.0 Å². The van der Waals surface area contributed by atoms with Crippen molar-refractivity contribution in [2.45, 2.75) is 31.7 Å². The maximum Gasteiger partial charge on any atom is 0.306 e. The normalized spacial score (nSPS) is 15.0. The Kier molecular flexibility index (Phi) is 6.28. The average Bonchev–Trinajstić information content (AvgIpc) is 2.60. The average molecular weight is 336 g/mol. The minimum Gasteiger partial charge on any atom is -0.469 e. The summed E-state index contributed by atoms with van der Waals surface area (Å²) in [6, 6.07) is 5.46. The number of methoxy groups -OCH3 is 1. The topological polar surface area (TPSA) is 75.7 Å². The minimum atomic E-state index is -0.412. The molecule has 1 saturated heterocycles. The van der Waals surface area contributed by atoms with Gasteiger partial charge in [-0.15, -0.1) is 0 Å². The minimum absolute atomic E-state index is 0.00702. The van der Waals surface area contributed by atoms with Gasteiger partial charge in [-0.05, 0) is 37.1 Å². The highest BCUT2D eigenvalue weighted by Crippen LogP contribution is 2.15. The molecular formula is C17H21FN2O4. The van der Waals surface area contributed by atoms with Crippen LogP contribution in [0.4, 0.5) is 4.39 Å². The lowest BCUT2D eigenvalue weighted by atomic mass is 10.0. The molecule has 7 heteroatoms. The van der Waals surface area contributed by atoms with Crippen molar-refractivity contribution in [2.24, 2.45) is 0 Å². The van der Waals surface area contributed by atoms with Crippen molar-refractivity contribution >= 4 is 17.8 Å². The van der Waals surface area contributed by atoms with Gasteiger partial charge in [0, 0.05) is 31.1 Å². The summed E-state index contributed by atoms with van der Waals surface area (Å²) in [6.45, 7) is 1.05.